The zero-order valence-electron chi connectivity index (χ0n) is 15.0. The monoisotopic (exact) mass is 398 g/mol. The van der Waals surface area contributed by atoms with E-state index in [9.17, 15) is 25.0 Å². The lowest BCUT2D eigenvalue weighted by Crippen LogP contribution is -2.20. The number of rotatable bonds is 7. The van der Waals surface area contributed by atoms with Crippen molar-refractivity contribution in [3.05, 3.63) is 74.8 Å². The van der Waals surface area contributed by atoms with Gasteiger partial charge in [-0.15, -0.1) is 0 Å². The van der Waals surface area contributed by atoms with Crippen molar-refractivity contribution in [3.8, 4) is 11.5 Å². The maximum absolute atomic E-state index is 12.3. The summed E-state index contributed by atoms with van der Waals surface area (Å²) in [6.07, 6.45) is 4.04. The standard InChI is InChI=1S/C17H14N6O6/c1-11-16(23(27)28)9-19-21(11)10-17(24)20-12-5-13(22(25)26)7-15(6-12)29-14-3-2-4-18-8-14/h2-9H,10H2,1H3,(H,20,24). The number of benzene rings is 1. The van der Waals surface area contributed by atoms with Gasteiger partial charge in [0, 0.05) is 18.3 Å². The molecule has 12 heteroatoms. The lowest BCUT2D eigenvalue weighted by atomic mass is 10.2. The van der Waals surface area contributed by atoms with Crippen LogP contribution >= 0.6 is 0 Å². The van der Waals surface area contributed by atoms with Gasteiger partial charge in [0.25, 0.3) is 5.69 Å². The summed E-state index contributed by atoms with van der Waals surface area (Å²) in [6, 6.07) is 7.06. The van der Waals surface area contributed by atoms with Crippen molar-refractivity contribution in [1.29, 1.82) is 0 Å². The van der Waals surface area contributed by atoms with Crippen LogP contribution in [0.15, 0.2) is 48.9 Å². The van der Waals surface area contributed by atoms with E-state index in [-0.39, 0.29) is 35.1 Å². The van der Waals surface area contributed by atoms with Crippen LogP contribution in [-0.2, 0) is 11.3 Å². The van der Waals surface area contributed by atoms with Crippen molar-refractivity contribution in [2.45, 2.75) is 13.5 Å². The van der Waals surface area contributed by atoms with Gasteiger partial charge in [0.1, 0.15) is 29.9 Å². The first kappa shape index (κ1) is 19.4. The summed E-state index contributed by atoms with van der Waals surface area (Å²) in [5, 5.41) is 28.4. The third-order valence-corrected chi connectivity index (χ3v) is 3.82. The number of amides is 1. The number of anilines is 1. The number of nitro groups is 2. The summed E-state index contributed by atoms with van der Waals surface area (Å²) in [5.41, 5.74) is -0.153. The molecule has 29 heavy (non-hydrogen) atoms. The number of carbonyl (C=O) groups excluding carboxylic acids is 1. The normalized spacial score (nSPS) is 10.4. The molecule has 0 spiro atoms. The van der Waals surface area contributed by atoms with Gasteiger partial charge in [-0.2, -0.15) is 5.10 Å². The van der Waals surface area contributed by atoms with Gasteiger partial charge in [-0.1, -0.05) is 0 Å². The molecule has 0 saturated carbocycles. The van der Waals surface area contributed by atoms with Gasteiger partial charge in [0.05, 0.1) is 27.8 Å². The molecule has 1 aromatic carbocycles. The maximum atomic E-state index is 12.3. The molecule has 2 aromatic heterocycles. The fourth-order valence-corrected chi connectivity index (χ4v) is 2.48. The highest BCUT2D eigenvalue weighted by molar-refractivity contribution is 5.91. The summed E-state index contributed by atoms with van der Waals surface area (Å²) in [5.74, 6) is -0.0721. The average Bonchev–Trinajstić information content (AvgIpc) is 3.02. The van der Waals surface area contributed by atoms with E-state index in [1.807, 2.05) is 0 Å². The Balaban J connectivity index is 1.79. The van der Waals surface area contributed by atoms with Gasteiger partial charge in [-0.25, -0.2) is 0 Å². The minimum absolute atomic E-state index is 0.127. The van der Waals surface area contributed by atoms with Crippen LogP contribution in [0.4, 0.5) is 17.1 Å². The first-order valence-electron chi connectivity index (χ1n) is 8.17. The number of nitrogens with zero attached hydrogens (tertiary/aromatic N) is 5. The molecule has 1 N–H and O–H groups in total. The van der Waals surface area contributed by atoms with E-state index in [0.717, 1.165) is 10.9 Å². The third kappa shape index (κ3) is 4.68. The number of carbonyl (C=O) groups is 1. The number of nitro benzene ring substituents is 1. The first-order valence-corrected chi connectivity index (χ1v) is 8.17. The Morgan fingerprint density at radius 1 is 1.17 bits per heavy atom. The van der Waals surface area contributed by atoms with Crippen molar-refractivity contribution < 1.29 is 19.4 Å². The van der Waals surface area contributed by atoms with E-state index in [0.29, 0.717) is 5.75 Å². The van der Waals surface area contributed by atoms with E-state index in [4.69, 9.17) is 4.74 Å². The summed E-state index contributed by atoms with van der Waals surface area (Å²) in [7, 11) is 0. The van der Waals surface area contributed by atoms with Crippen LogP contribution in [-0.4, -0.2) is 30.5 Å². The Labute approximate surface area is 163 Å². The van der Waals surface area contributed by atoms with Gasteiger partial charge in [-0.05, 0) is 19.1 Å². The molecule has 0 aliphatic carbocycles. The molecule has 148 valence electrons. The van der Waals surface area contributed by atoms with E-state index in [2.05, 4.69) is 15.4 Å². The van der Waals surface area contributed by atoms with E-state index < -0.39 is 15.8 Å². The molecule has 0 fully saturated rings. The fourth-order valence-electron chi connectivity index (χ4n) is 2.48. The Morgan fingerprint density at radius 3 is 2.59 bits per heavy atom. The van der Waals surface area contributed by atoms with Crippen LogP contribution in [0.25, 0.3) is 0 Å². The molecule has 2 heterocycles. The SMILES string of the molecule is Cc1c([N+](=O)[O-])cnn1CC(=O)Nc1cc(Oc2cccnc2)cc([N+](=O)[O-])c1. The second-order valence-electron chi connectivity index (χ2n) is 5.84. The zero-order chi connectivity index (χ0) is 21.0. The minimum Gasteiger partial charge on any atom is -0.455 e. The lowest BCUT2D eigenvalue weighted by molar-refractivity contribution is -0.385. The first-order chi connectivity index (χ1) is 13.8. The summed E-state index contributed by atoms with van der Waals surface area (Å²) in [6.45, 7) is 1.16. The second kappa shape index (κ2) is 8.12. The van der Waals surface area contributed by atoms with Gasteiger partial charge >= 0.3 is 5.69 Å². The molecule has 0 atom stereocenters. The van der Waals surface area contributed by atoms with Gasteiger partial charge in [-0.3, -0.25) is 34.7 Å². The van der Waals surface area contributed by atoms with E-state index >= 15 is 0 Å². The number of non-ortho nitro benzene ring substituents is 1. The highest BCUT2D eigenvalue weighted by Crippen LogP contribution is 2.29. The average molecular weight is 398 g/mol. The molecule has 0 radical (unpaired) electrons. The molecule has 0 aliphatic rings. The number of pyridine rings is 1. The Morgan fingerprint density at radius 2 is 1.97 bits per heavy atom. The number of aromatic nitrogens is 3. The summed E-state index contributed by atoms with van der Waals surface area (Å²) < 4.78 is 6.71. The van der Waals surface area contributed by atoms with Gasteiger partial charge < -0.3 is 10.1 Å². The lowest BCUT2D eigenvalue weighted by Gasteiger charge is -2.10. The molecule has 0 bridgehead atoms. The van der Waals surface area contributed by atoms with Crippen LogP contribution in [0.2, 0.25) is 0 Å². The summed E-state index contributed by atoms with van der Waals surface area (Å²) >= 11 is 0. The number of nitrogens with one attached hydrogen (secondary N) is 1. The third-order valence-electron chi connectivity index (χ3n) is 3.82. The molecule has 0 aliphatic heterocycles. The number of hydrogen-bond donors (Lipinski definition) is 1. The van der Waals surface area contributed by atoms with Crippen molar-refractivity contribution in [3.63, 3.8) is 0 Å². The number of ether oxygens (including phenoxy) is 1. The fraction of sp³-hybridized carbons (Fsp3) is 0.118. The highest BCUT2D eigenvalue weighted by Gasteiger charge is 2.19. The topological polar surface area (TPSA) is 155 Å². The Bertz CT molecular complexity index is 1080. The van der Waals surface area contributed by atoms with Crippen molar-refractivity contribution in [1.82, 2.24) is 14.8 Å². The molecule has 0 saturated heterocycles. The largest absolute Gasteiger partial charge is 0.455 e. The summed E-state index contributed by atoms with van der Waals surface area (Å²) in [4.78, 5) is 37.0. The smallest absolute Gasteiger partial charge is 0.309 e. The van der Waals surface area contributed by atoms with E-state index in [1.165, 1.54) is 31.3 Å². The van der Waals surface area contributed by atoms with Crippen molar-refractivity contribution in [2.75, 3.05) is 5.32 Å². The second-order valence-corrected chi connectivity index (χ2v) is 5.84. The van der Waals surface area contributed by atoms with Crippen molar-refractivity contribution in [2.24, 2.45) is 0 Å². The van der Waals surface area contributed by atoms with Crippen LogP contribution in [0.3, 0.4) is 0 Å². The Hall–Kier alpha value is -4.35. The van der Waals surface area contributed by atoms with Gasteiger partial charge in [0.15, 0.2) is 0 Å². The molecule has 0 unspecified atom stereocenters. The Kier molecular flexibility index (Phi) is 5.44. The van der Waals surface area contributed by atoms with Crippen LogP contribution < -0.4 is 10.1 Å². The molecule has 12 nitrogen and oxygen atoms in total. The predicted octanol–water partition coefficient (Wildman–Crippen LogP) is 2.83. The molecule has 1 amide bonds. The van der Waals surface area contributed by atoms with Gasteiger partial charge in [0.2, 0.25) is 5.91 Å². The van der Waals surface area contributed by atoms with Crippen molar-refractivity contribution >= 4 is 23.0 Å². The van der Waals surface area contributed by atoms with Crippen LogP contribution in [0, 0.1) is 27.2 Å². The minimum atomic E-state index is -0.618. The molecular weight excluding hydrogens is 384 g/mol. The molecule has 3 rings (SSSR count). The highest BCUT2D eigenvalue weighted by atomic mass is 16.6. The predicted molar refractivity (Wildman–Crippen MR) is 99.7 cm³/mol. The van der Waals surface area contributed by atoms with Crippen LogP contribution in [0.1, 0.15) is 5.69 Å². The molecular formula is C17H14N6O6. The number of hydrogen-bond acceptors (Lipinski definition) is 8. The van der Waals surface area contributed by atoms with Crippen LogP contribution in [0.5, 0.6) is 11.5 Å². The zero-order valence-corrected chi connectivity index (χ0v) is 15.0. The van der Waals surface area contributed by atoms with E-state index in [1.54, 1.807) is 18.3 Å². The quantitative estimate of drug-likeness (QED) is 0.470. The maximum Gasteiger partial charge on any atom is 0.309 e. The molecule has 3 aromatic rings.